The molecule has 0 saturated carbocycles. The largest absolute Gasteiger partial charge is 0.423 e. The fourth-order valence-electron chi connectivity index (χ4n) is 3.17. The smallest absolute Gasteiger partial charge is 0.345 e. The van der Waals surface area contributed by atoms with E-state index in [0.717, 1.165) is 19.3 Å². The molecule has 0 aliphatic heterocycles. The van der Waals surface area contributed by atoms with Crippen molar-refractivity contribution in [2.24, 2.45) is 5.10 Å². The Morgan fingerprint density at radius 3 is 2.29 bits per heavy atom. The van der Waals surface area contributed by atoms with Gasteiger partial charge >= 0.3 is 5.97 Å². The van der Waals surface area contributed by atoms with Crippen molar-refractivity contribution >= 4 is 47.2 Å². The maximum Gasteiger partial charge on any atom is 0.345 e. The third-order valence-corrected chi connectivity index (χ3v) is 5.65. The summed E-state index contributed by atoms with van der Waals surface area (Å²) in [6, 6.07) is 11.0. The van der Waals surface area contributed by atoms with Gasteiger partial charge in [0.15, 0.2) is 0 Å². The first-order chi connectivity index (χ1) is 16.9. The number of benzene rings is 2. The van der Waals surface area contributed by atoms with Crippen molar-refractivity contribution in [3.63, 3.8) is 0 Å². The minimum atomic E-state index is -0.602. The number of esters is 1. The van der Waals surface area contributed by atoms with Crippen molar-refractivity contribution in [3.8, 4) is 5.75 Å². The van der Waals surface area contributed by atoms with E-state index in [1.165, 1.54) is 44.0 Å². The van der Waals surface area contributed by atoms with Gasteiger partial charge in [0.05, 0.1) is 23.3 Å². The fraction of sp³-hybridized carbons (Fsp3) is 0.385. The second-order valence-electron chi connectivity index (χ2n) is 8.02. The summed E-state index contributed by atoms with van der Waals surface area (Å²) < 4.78 is 5.31. The number of nitrogens with zero attached hydrogens (tertiary/aromatic N) is 1. The predicted molar refractivity (Wildman–Crippen MR) is 139 cm³/mol. The highest BCUT2D eigenvalue weighted by molar-refractivity contribution is 6.36. The molecule has 0 aliphatic carbocycles. The highest BCUT2D eigenvalue weighted by Crippen LogP contribution is 2.23. The molecule has 0 aromatic heterocycles. The molecule has 0 aliphatic rings. The summed E-state index contributed by atoms with van der Waals surface area (Å²) in [6.45, 7) is 2.06. The van der Waals surface area contributed by atoms with Gasteiger partial charge in [0.1, 0.15) is 5.75 Å². The van der Waals surface area contributed by atoms with Gasteiger partial charge in [-0.3, -0.25) is 9.59 Å². The van der Waals surface area contributed by atoms with Crippen molar-refractivity contribution < 1.29 is 19.1 Å². The van der Waals surface area contributed by atoms with E-state index in [9.17, 15) is 14.4 Å². The third-order valence-electron chi connectivity index (χ3n) is 5.10. The van der Waals surface area contributed by atoms with Crippen molar-refractivity contribution in [1.82, 2.24) is 10.7 Å². The van der Waals surface area contributed by atoms with E-state index in [0.29, 0.717) is 22.8 Å². The number of hydrogen-bond donors (Lipinski definition) is 2. The summed E-state index contributed by atoms with van der Waals surface area (Å²) in [5, 5.41) is 7.10. The van der Waals surface area contributed by atoms with Crippen LogP contribution in [0.1, 0.15) is 74.2 Å². The van der Waals surface area contributed by atoms with E-state index in [2.05, 4.69) is 22.8 Å². The Labute approximate surface area is 216 Å². The minimum Gasteiger partial charge on any atom is -0.423 e. The molecule has 0 fully saturated rings. The van der Waals surface area contributed by atoms with E-state index >= 15 is 0 Å². The maximum atomic E-state index is 12.3. The fourth-order valence-corrected chi connectivity index (χ4v) is 3.65. The number of halogens is 2. The zero-order valence-corrected chi connectivity index (χ0v) is 21.3. The quantitative estimate of drug-likeness (QED) is 0.106. The first-order valence-electron chi connectivity index (χ1n) is 11.7. The molecule has 0 atom stereocenters. The molecule has 0 radical (unpaired) electrons. The molecule has 2 aromatic rings. The number of hydrogen-bond acceptors (Lipinski definition) is 5. The molecule has 2 aromatic carbocycles. The number of rotatable bonds is 14. The lowest BCUT2D eigenvalue weighted by atomic mass is 10.1. The van der Waals surface area contributed by atoms with Gasteiger partial charge in [0, 0.05) is 11.4 Å². The van der Waals surface area contributed by atoms with Gasteiger partial charge in [0.2, 0.25) is 5.91 Å². The maximum absolute atomic E-state index is 12.3. The summed E-state index contributed by atoms with van der Waals surface area (Å²) in [5.74, 6) is -0.831. The molecular formula is C26H31Cl2N3O4. The van der Waals surface area contributed by atoms with Crippen molar-refractivity contribution in [1.29, 1.82) is 0 Å². The van der Waals surface area contributed by atoms with Crippen LogP contribution < -0.4 is 15.5 Å². The van der Waals surface area contributed by atoms with Crippen LogP contribution in [0.2, 0.25) is 10.0 Å². The molecule has 188 valence electrons. The van der Waals surface area contributed by atoms with Crippen LogP contribution in [-0.4, -0.2) is 30.5 Å². The zero-order valence-electron chi connectivity index (χ0n) is 19.8. The average Bonchev–Trinajstić information content (AvgIpc) is 2.83. The van der Waals surface area contributed by atoms with Gasteiger partial charge < -0.3 is 10.1 Å². The number of carbonyl (C=O) groups excluding carboxylic acids is 3. The van der Waals surface area contributed by atoms with Gasteiger partial charge in [-0.25, -0.2) is 10.2 Å². The molecular weight excluding hydrogens is 489 g/mol. The van der Waals surface area contributed by atoms with E-state index in [1.54, 1.807) is 30.3 Å². The molecule has 2 rings (SSSR count). The Morgan fingerprint density at radius 2 is 1.60 bits per heavy atom. The van der Waals surface area contributed by atoms with Crippen molar-refractivity contribution in [2.45, 2.75) is 58.3 Å². The first kappa shape index (κ1) is 28.3. The lowest BCUT2D eigenvalue weighted by Gasteiger charge is -2.06. The van der Waals surface area contributed by atoms with Crippen LogP contribution in [0.4, 0.5) is 0 Å². The van der Waals surface area contributed by atoms with Crippen molar-refractivity contribution in [3.05, 3.63) is 63.6 Å². The Bertz CT molecular complexity index is 1010. The Morgan fingerprint density at radius 1 is 0.914 bits per heavy atom. The number of amides is 2. The molecule has 0 heterocycles. The Kier molecular flexibility index (Phi) is 12.9. The summed E-state index contributed by atoms with van der Waals surface area (Å²) in [7, 11) is 0. The average molecular weight is 520 g/mol. The van der Waals surface area contributed by atoms with Crippen LogP contribution >= 0.6 is 23.2 Å². The lowest BCUT2D eigenvalue weighted by Crippen LogP contribution is -2.34. The number of unbranched alkanes of at least 4 members (excludes halogenated alkanes) is 6. The highest BCUT2D eigenvalue weighted by Gasteiger charge is 2.13. The number of nitrogens with one attached hydrogen (secondary N) is 2. The topological polar surface area (TPSA) is 96.9 Å². The number of ether oxygens (including phenoxy) is 1. The second kappa shape index (κ2) is 15.9. The summed E-state index contributed by atoms with van der Waals surface area (Å²) in [4.78, 5) is 35.9. The Balaban J connectivity index is 1.66. The van der Waals surface area contributed by atoms with E-state index in [-0.39, 0.29) is 23.0 Å². The lowest BCUT2D eigenvalue weighted by molar-refractivity contribution is -0.126. The first-order valence-corrected chi connectivity index (χ1v) is 12.5. The van der Waals surface area contributed by atoms with Crippen LogP contribution in [0.15, 0.2) is 47.6 Å². The van der Waals surface area contributed by atoms with Gasteiger partial charge in [-0.1, -0.05) is 68.7 Å². The molecule has 7 nitrogen and oxygen atoms in total. The zero-order chi connectivity index (χ0) is 25.5. The molecule has 35 heavy (non-hydrogen) atoms. The molecule has 2 N–H and O–H groups in total. The van der Waals surface area contributed by atoms with Crippen LogP contribution in [0.3, 0.4) is 0 Å². The monoisotopic (exact) mass is 519 g/mol. The number of carbonyl (C=O) groups is 3. The molecule has 0 unspecified atom stereocenters. The molecule has 0 saturated heterocycles. The van der Waals surface area contributed by atoms with Crippen LogP contribution in [0, 0.1) is 0 Å². The Hall–Kier alpha value is -2.90. The summed E-state index contributed by atoms with van der Waals surface area (Å²) in [6.07, 6.45) is 9.81. The van der Waals surface area contributed by atoms with Gasteiger partial charge in [-0.05, 0) is 54.4 Å². The standard InChI is InChI=1S/C26H31Cl2N3O4/c1-2-3-4-5-6-7-8-9-24(32)29-18-25(33)31-30-17-19-10-13-21(14-11-19)35-26(34)22-15-12-20(27)16-23(22)28/h10-17H,2-9,18H2,1H3,(H,29,32)(H,31,33)/b30-17-. The molecule has 0 spiro atoms. The van der Waals surface area contributed by atoms with Crippen LogP contribution in [-0.2, 0) is 9.59 Å². The normalized spacial score (nSPS) is 10.8. The van der Waals surface area contributed by atoms with Gasteiger partial charge in [-0.15, -0.1) is 0 Å². The summed E-state index contributed by atoms with van der Waals surface area (Å²) >= 11 is 11.9. The second-order valence-corrected chi connectivity index (χ2v) is 8.87. The van der Waals surface area contributed by atoms with Crippen LogP contribution in [0.25, 0.3) is 0 Å². The van der Waals surface area contributed by atoms with E-state index in [4.69, 9.17) is 27.9 Å². The number of hydrazone groups is 1. The van der Waals surface area contributed by atoms with Gasteiger partial charge in [0.25, 0.3) is 5.91 Å². The summed E-state index contributed by atoms with van der Waals surface area (Å²) in [5.41, 5.74) is 3.25. The van der Waals surface area contributed by atoms with Crippen LogP contribution in [0.5, 0.6) is 5.75 Å². The minimum absolute atomic E-state index is 0.130. The molecule has 9 heteroatoms. The third kappa shape index (κ3) is 11.4. The highest BCUT2D eigenvalue weighted by atomic mass is 35.5. The molecule has 2 amide bonds. The molecule has 0 bridgehead atoms. The van der Waals surface area contributed by atoms with E-state index in [1.807, 2.05) is 0 Å². The van der Waals surface area contributed by atoms with Crippen molar-refractivity contribution in [2.75, 3.05) is 6.54 Å². The SMILES string of the molecule is CCCCCCCCCC(=O)NCC(=O)N/N=C\c1ccc(OC(=O)c2ccc(Cl)cc2Cl)cc1. The van der Waals surface area contributed by atoms with E-state index < -0.39 is 11.9 Å². The van der Waals surface area contributed by atoms with Gasteiger partial charge in [-0.2, -0.15) is 5.10 Å². The predicted octanol–water partition coefficient (Wildman–Crippen LogP) is 5.92.